The van der Waals surface area contributed by atoms with Gasteiger partial charge in [-0.25, -0.2) is 13.4 Å². The van der Waals surface area contributed by atoms with Crippen LogP contribution in [0.3, 0.4) is 0 Å². The van der Waals surface area contributed by atoms with E-state index in [0.717, 1.165) is 40.3 Å². The monoisotopic (exact) mass is 489 g/mol. The number of hydrogen-bond acceptors (Lipinski definition) is 4. The second-order valence-corrected chi connectivity index (χ2v) is 11.4. The molecule has 34 heavy (non-hydrogen) atoms. The van der Waals surface area contributed by atoms with Crippen LogP contribution in [0.5, 0.6) is 0 Å². The van der Waals surface area contributed by atoms with Crippen LogP contribution in [0.25, 0.3) is 16.9 Å². The summed E-state index contributed by atoms with van der Waals surface area (Å²) in [5, 5.41) is 2.07. The van der Waals surface area contributed by atoms with E-state index in [-0.39, 0.29) is 0 Å². The molecule has 0 saturated carbocycles. The van der Waals surface area contributed by atoms with E-state index in [0.29, 0.717) is 23.9 Å². The van der Waals surface area contributed by atoms with E-state index in [2.05, 4.69) is 29.0 Å². The van der Waals surface area contributed by atoms with E-state index >= 15 is 0 Å². The normalized spacial score (nSPS) is 16.1. The highest BCUT2D eigenvalue weighted by Crippen LogP contribution is 2.28. The summed E-state index contributed by atoms with van der Waals surface area (Å²) >= 11 is 1.56. The lowest BCUT2D eigenvalue weighted by atomic mass is 10.0. The number of piperidine rings is 1. The maximum Gasteiger partial charge on any atom is 0.243 e. The maximum atomic E-state index is 13.1. The molecule has 3 aromatic carbocycles. The van der Waals surface area contributed by atoms with Crippen LogP contribution in [-0.2, 0) is 10.0 Å². The largest absolute Gasteiger partial charge is 0.285 e. The third-order valence-electron chi connectivity index (χ3n) is 6.23. The molecule has 1 saturated heterocycles. The molecule has 0 N–H and O–H groups in total. The lowest BCUT2D eigenvalue weighted by molar-refractivity contribution is 0.288. The van der Waals surface area contributed by atoms with Crippen LogP contribution in [0.2, 0.25) is 0 Å². The zero-order valence-corrected chi connectivity index (χ0v) is 20.7. The lowest BCUT2D eigenvalue weighted by Gasteiger charge is -2.29. The average molecular weight is 490 g/mol. The first-order valence-corrected chi connectivity index (χ1v) is 13.8. The number of benzene rings is 3. The van der Waals surface area contributed by atoms with Gasteiger partial charge in [0, 0.05) is 24.2 Å². The molecule has 0 atom stereocenters. The number of hydrogen-bond donors (Lipinski definition) is 0. The Morgan fingerprint density at radius 3 is 2.12 bits per heavy atom. The highest BCUT2D eigenvalue weighted by Gasteiger charge is 2.28. The Morgan fingerprint density at radius 2 is 1.47 bits per heavy atom. The molecule has 0 bridgehead atoms. The maximum absolute atomic E-state index is 13.1. The number of aromatic nitrogens is 1. The Balaban J connectivity index is 1.54. The summed E-state index contributed by atoms with van der Waals surface area (Å²) in [6.45, 7) is 3.36. The van der Waals surface area contributed by atoms with Crippen molar-refractivity contribution < 1.29 is 8.42 Å². The SMILES string of the molecule is CC1CCN(S(=O)(=O)c2ccc(-c3csc(=Nc4ccccc4)n3-c3ccccc3)cc2)CC1. The van der Waals surface area contributed by atoms with Crippen LogP contribution < -0.4 is 4.80 Å². The van der Waals surface area contributed by atoms with Crippen LogP contribution >= 0.6 is 11.3 Å². The molecule has 174 valence electrons. The molecule has 1 fully saturated rings. The van der Waals surface area contributed by atoms with E-state index in [1.54, 1.807) is 27.8 Å². The molecule has 0 radical (unpaired) electrons. The second-order valence-electron chi connectivity index (χ2n) is 8.63. The summed E-state index contributed by atoms with van der Waals surface area (Å²) < 4.78 is 30.0. The van der Waals surface area contributed by atoms with Crippen molar-refractivity contribution in [3.8, 4) is 16.9 Å². The Bertz CT molecular complexity index is 1420. The van der Waals surface area contributed by atoms with Crippen molar-refractivity contribution in [2.45, 2.75) is 24.7 Å². The van der Waals surface area contributed by atoms with Crippen molar-refractivity contribution in [2.24, 2.45) is 10.9 Å². The van der Waals surface area contributed by atoms with Gasteiger partial charge in [-0.2, -0.15) is 4.31 Å². The summed E-state index contributed by atoms with van der Waals surface area (Å²) in [6.07, 6.45) is 1.83. The van der Waals surface area contributed by atoms with Crippen molar-refractivity contribution in [1.82, 2.24) is 8.87 Å². The van der Waals surface area contributed by atoms with Gasteiger partial charge in [0.15, 0.2) is 4.80 Å². The number of thiazole rings is 1. The fraction of sp³-hybridized carbons (Fsp3) is 0.222. The van der Waals surface area contributed by atoms with E-state index < -0.39 is 10.0 Å². The Hall–Kier alpha value is -3.00. The quantitative estimate of drug-likeness (QED) is 0.353. The number of sulfonamides is 1. The first kappa shape index (κ1) is 22.8. The number of para-hydroxylation sites is 2. The molecule has 7 heteroatoms. The van der Waals surface area contributed by atoms with Gasteiger partial charge in [0.1, 0.15) is 0 Å². The van der Waals surface area contributed by atoms with Gasteiger partial charge in [0.05, 0.1) is 16.3 Å². The van der Waals surface area contributed by atoms with E-state index in [9.17, 15) is 8.42 Å². The minimum Gasteiger partial charge on any atom is -0.285 e. The van der Waals surface area contributed by atoms with Gasteiger partial charge < -0.3 is 0 Å². The van der Waals surface area contributed by atoms with Crippen molar-refractivity contribution in [3.05, 3.63) is 95.1 Å². The fourth-order valence-electron chi connectivity index (χ4n) is 4.20. The van der Waals surface area contributed by atoms with E-state index in [4.69, 9.17) is 4.99 Å². The Morgan fingerprint density at radius 1 is 0.853 bits per heavy atom. The molecule has 2 heterocycles. The zero-order chi connectivity index (χ0) is 23.5. The molecule has 1 aliphatic rings. The number of nitrogens with zero attached hydrogens (tertiary/aromatic N) is 3. The predicted molar refractivity (Wildman–Crippen MR) is 138 cm³/mol. The first-order valence-electron chi connectivity index (χ1n) is 11.5. The second kappa shape index (κ2) is 9.70. The van der Waals surface area contributed by atoms with Crippen LogP contribution in [0, 0.1) is 5.92 Å². The molecule has 0 unspecified atom stereocenters. The zero-order valence-electron chi connectivity index (χ0n) is 19.0. The summed E-state index contributed by atoms with van der Waals surface area (Å²) in [5.74, 6) is 0.580. The summed E-state index contributed by atoms with van der Waals surface area (Å²) in [7, 11) is -3.47. The molecular weight excluding hydrogens is 462 g/mol. The van der Waals surface area contributed by atoms with Crippen molar-refractivity contribution >= 4 is 27.0 Å². The molecule has 0 spiro atoms. The van der Waals surface area contributed by atoms with Gasteiger partial charge in [0.25, 0.3) is 0 Å². The van der Waals surface area contributed by atoms with Gasteiger partial charge in [-0.15, -0.1) is 11.3 Å². The number of rotatable bonds is 5. The van der Waals surface area contributed by atoms with Crippen molar-refractivity contribution in [1.29, 1.82) is 0 Å². The fourth-order valence-corrected chi connectivity index (χ4v) is 6.60. The van der Waals surface area contributed by atoms with Gasteiger partial charge >= 0.3 is 0 Å². The topological polar surface area (TPSA) is 54.7 Å². The molecule has 1 aliphatic heterocycles. The third-order valence-corrected chi connectivity index (χ3v) is 8.97. The molecule has 5 rings (SSSR count). The van der Waals surface area contributed by atoms with Crippen molar-refractivity contribution in [2.75, 3.05) is 13.1 Å². The highest BCUT2D eigenvalue weighted by molar-refractivity contribution is 7.89. The van der Waals surface area contributed by atoms with Crippen LogP contribution in [0.15, 0.2) is 100 Å². The minimum atomic E-state index is -3.47. The molecule has 1 aromatic heterocycles. The average Bonchev–Trinajstić information content (AvgIpc) is 3.29. The van der Waals surface area contributed by atoms with Gasteiger partial charge in [-0.1, -0.05) is 55.5 Å². The minimum absolute atomic E-state index is 0.349. The van der Waals surface area contributed by atoms with Crippen LogP contribution in [-0.4, -0.2) is 30.4 Å². The van der Waals surface area contributed by atoms with Gasteiger partial charge in [-0.05, 0) is 60.7 Å². The van der Waals surface area contributed by atoms with E-state index in [1.165, 1.54) is 0 Å². The van der Waals surface area contributed by atoms with Crippen LogP contribution in [0.1, 0.15) is 19.8 Å². The van der Waals surface area contributed by atoms with Crippen LogP contribution in [0.4, 0.5) is 5.69 Å². The highest BCUT2D eigenvalue weighted by atomic mass is 32.2. The van der Waals surface area contributed by atoms with E-state index in [1.807, 2.05) is 60.7 Å². The molecule has 4 aromatic rings. The summed E-state index contributed by atoms with van der Waals surface area (Å²) in [4.78, 5) is 6.07. The predicted octanol–water partition coefficient (Wildman–Crippen LogP) is 5.86. The molecular formula is C27H27N3O2S2. The standard InChI is InChI=1S/C27H27N3O2S2/c1-21-16-18-29(19-17-21)34(31,32)25-14-12-22(13-15-25)26-20-33-27(28-23-8-4-2-5-9-23)30(26)24-10-6-3-7-11-24/h2-15,20-21H,16-19H2,1H3. The molecule has 0 aliphatic carbocycles. The molecule has 5 nitrogen and oxygen atoms in total. The van der Waals surface area contributed by atoms with Crippen molar-refractivity contribution in [3.63, 3.8) is 0 Å². The van der Waals surface area contributed by atoms with Gasteiger partial charge in [0.2, 0.25) is 10.0 Å². The van der Waals surface area contributed by atoms with Gasteiger partial charge in [-0.3, -0.25) is 4.57 Å². The summed E-state index contributed by atoms with van der Waals surface area (Å²) in [6, 6.07) is 27.2. The Labute approximate surface area is 204 Å². The summed E-state index contributed by atoms with van der Waals surface area (Å²) in [5.41, 5.74) is 3.81. The lowest BCUT2D eigenvalue weighted by Crippen LogP contribution is -2.37. The first-order chi connectivity index (χ1) is 16.5. The Kier molecular flexibility index (Phi) is 6.50. The third kappa shape index (κ3) is 4.64. The molecule has 0 amide bonds. The smallest absolute Gasteiger partial charge is 0.243 e.